The van der Waals surface area contributed by atoms with Gasteiger partial charge in [0.25, 0.3) is 0 Å². The van der Waals surface area contributed by atoms with Crippen molar-refractivity contribution >= 4 is 5.91 Å². The summed E-state index contributed by atoms with van der Waals surface area (Å²) >= 11 is 0. The van der Waals surface area contributed by atoms with Crippen molar-refractivity contribution in [1.29, 1.82) is 0 Å². The zero-order valence-electron chi connectivity index (χ0n) is 13.7. The van der Waals surface area contributed by atoms with Gasteiger partial charge in [-0.2, -0.15) is 0 Å². The molecular formula is C17H27NO3. The minimum atomic E-state index is -0.876. The summed E-state index contributed by atoms with van der Waals surface area (Å²) in [6.45, 7) is 8.33. The quantitative estimate of drug-likeness (QED) is 0.841. The van der Waals surface area contributed by atoms with Gasteiger partial charge in [-0.1, -0.05) is 25.1 Å². The molecule has 0 bridgehead atoms. The van der Waals surface area contributed by atoms with Crippen LogP contribution < -0.4 is 4.74 Å². The Morgan fingerprint density at radius 2 is 2.00 bits per heavy atom. The van der Waals surface area contributed by atoms with Crippen LogP contribution in [0.25, 0.3) is 0 Å². The van der Waals surface area contributed by atoms with E-state index in [2.05, 4.69) is 0 Å². The van der Waals surface area contributed by atoms with Crippen LogP contribution in [0, 0.1) is 0 Å². The van der Waals surface area contributed by atoms with Crippen molar-refractivity contribution in [3.63, 3.8) is 0 Å². The minimum Gasteiger partial charge on any atom is -0.496 e. The first kappa shape index (κ1) is 17.5. The van der Waals surface area contributed by atoms with E-state index in [9.17, 15) is 9.90 Å². The Balaban J connectivity index is 2.77. The summed E-state index contributed by atoms with van der Waals surface area (Å²) in [7, 11) is 1.64. The van der Waals surface area contributed by atoms with Gasteiger partial charge in [-0.25, -0.2) is 0 Å². The molecule has 0 aliphatic carbocycles. The average Bonchev–Trinajstić information content (AvgIpc) is 2.43. The van der Waals surface area contributed by atoms with Gasteiger partial charge in [0.2, 0.25) is 5.91 Å². The molecule has 0 radical (unpaired) electrons. The van der Waals surface area contributed by atoms with Gasteiger partial charge in [0, 0.05) is 19.5 Å². The fraction of sp³-hybridized carbons (Fsp3) is 0.588. The number of rotatable bonds is 7. The second-order valence-electron chi connectivity index (χ2n) is 6.07. The summed E-state index contributed by atoms with van der Waals surface area (Å²) in [4.78, 5) is 14.1. The van der Waals surface area contributed by atoms with E-state index < -0.39 is 5.60 Å². The number of ether oxygens (including phenoxy) is 1. The fourth-order valence-electron chi connectivity index (χ4n) is 2.42. The molecule has 0 aliphatic rings. The van der Waals surface area contributed by atoms with E-state index in [-0.39, 0.29) is 11.8 Å². The number of carbonyl (C=O) groups is 1. The van der Waals surface area contributed by atoms with Crippen LogP contribution in [0.4, 0.5) is 0 Å². The third kappa shape index (κ3) is 5.38. The minimum absolute atomic E-state index is 0.0537. The average molecular weight is 293 g/mol. The van der Waals surface area contributed by atoms with Gasteiger partial charge in [0.1, 0.15) is 5.75 Å². The van der Waals surface area contributed by atoms with E-state index in [1.54, 1.807) is 25.9 Å². The zero-order chi connectivity index (χ0) is 16.0. The van der Waals surface area contributed by atoms with Crippen LogP contribution >= 0.6 is 0 Å². The number of amides is 1. The van der Waals surface area contributed by atoms with Crippen molar-refractivity contribution in [1.82, 2.24) is 4.90 Å². The van der Waals surface area contributed by atoms with E-state index in [1.165, 1.54) is 0 Å². The first-order valence-corrected chi connectivity index (χ1v) is 7.41. The van der Waals surface area contributed by atoms with Crippen molar-refractivity contribution in [3.05, 3.63) is 29.8 Å². The third-order valence-corrected chi connectivity index (χ3v) is 3.46. The summed E-state index contributed by atoms with van der Waals surface area (Å²) in [5.74, 6) is 0.936. The second kappa shape index (κ2) is 7.46. The SMILES string of the molecule is CCN(CC(C)(C)O)C(=O)CC(C)c1ccccc1OC. The highest BCUT2D eigenvalue weighted by Gasteiger charge is 2.23. The van der Waals surface area contributed by atoms with Crippen LogP contribution in [0.3, 0.4) is 0 Å². The molecule has 4 heteroatoms. The first-order valence-electron chi connectivity index (χ1n) is 7.41. The molecular weight excluding hydrogens is 266 g/mol. The van der Waals surface area contributed by atoms with E-state index in [4.69, 9.17) is 4.74 Å². The predicted molar refractivity (Wildman–Crippen MR) is 84.6 cm³/mol. The Morgan fingerprint density at radius 1 is 1.38 bits per heavy atom. The van der Waals surface area contributed by atoms with Crippen molar-refractivity contribution in [2.24, 2.45) is 0 Å². The smallest absolute Gasteiger partial charge is 0.223 e. The number of methoxy groups -OCH3 is 1. The molecule has 0 aromatic heterocycles. The van der Waals surface area contributed by atoms with Crippen molar-refractivity contribution in [3.8, 4) is 5.75 Å². The number of nitrogens with zero attached hydrogens (tertiary/aromatic N) is 1. The lowest BCUT2D eigenvalue weighted by molar-refractivity contribution is -0.134. The molecule has 21 heavy (non-hydrogen) atoms. The Hall–Kier alpha value is -1.55. The van der Waals surface area contributed by atoms with Gasteiger partial charge < -0.3 is 14.7 Å². The Kier molecular flexibility index (Phi) is 6.21. The number of aliphatic hydroxyl groups is 1. The maximum atomic E-state index is 12.4. The maximum absolute atomic E-state index is 12.4. The molecule has 1 rings (SSSR count). The van der Waals surface area contributed by atoms with Crippen LogP contribution in [0.2, 0.25) is 0 Å². The van der Waals surface area contributed by atoms with Gasteiger partial charge in [0.05, 0.1) is 12.7 Å². The van der Waals surface area contributed by atoms with Crippen LogP contribution in [-0.4, -0.2) is 41.7 Å². The molecule has 118 valence electrons. The highest BCUT2D eigenvalue weighted by atomic mass is 16.5. The van der Waals surface area contributed by atoms with Crippen LogP contribution in [0.5, 0.6) is 5.75 Å². The number of para-hydroxylation sites is 1. The largest absolute Gasteiger partial charge is 0.496 e. The predicted octanol–water partition coefficient (Wildman–Crippen LogP) is 2.81. The van der Waals surface area contributed by atoms with Crippen LogP contribution in [0.1, 0.15) is 45.6 Å². The topological polar surface area (TPSA) is 49.8 Å². The highest BCUT2D eigenvalue weighted by molar-refractivity contribution is 5.77. The molecule has 0 saturated heterocycles. The van der Waals surface area contributed by atoms with Crippen LogP contribution in [0.15, 0.2) is 24.3 Å². The molecule has 1 aromatic carbocycles. The molecule has 0 fully saturated rings. The van der Waals surface area contributed by atoms with E-state index in [1.807, 2.05) is 38.1 Å². The molecule has 1 N–H and O–H groups in total. The maximum Gasteiger partial charge on any atom is 0.223 e. The number of carbonyl (C=O) groups excluding carboxylic acids is 1. The van der Waals surface area contributed by atoms with Crippen molar-refractivity contribution in [2.45, 2.75) is 45.6 Å². The summed E-state index contributed by atoms with van der Waals surface area (Å²) in [6.07, 6.45) is 0.407. The van der Waals surface area contributed by atoms with E-state index in [0.717, 1.165) is 11.3 Å². The molecule has 4 nitrogen and oxygen atoms in total. The Morgan fingerprint density at radius 3 is 2.52 bits per heavy atom. The standard InChI is InChI=1S/C17H27NO3/c1-6-18(12-17(3,4)20)16(19)11-13(2)14-9-7-8-10-15(14)21-5/h7-10,13,20H,6,11-12H2,1-5H3. The van der Waals surface area contributed by atoms with Crippen molar-refractivity contribution < 1.29 is 14.6 Å². The zero-order valence-corrected chi connectivity index (χ0v) is 13.7. The van der Waals surface area contributed by atoms with Gasteiger partial charge in [-0.3, -0.25) is 4.79 Å². The van der Waals surface area contributed by atoms with Gasteiger partial charge in [-0.15, -0.1) is 0 Å². The Labute approximate surface area is 127 Å². The molecule has 1 unspecified atom stereocenters. The second-order valence-corrected chi connectivity index (χ2v) is 6.07. The summed E-state index contributed by atoms with van der Waals surface area (Å²) < 4.78 is 5.35. The third-order valence-electron chi connectivity index (χ3n) is 3.46. The molecule has 0 aliphatic heterocycles. The summed E-state index contributed by atoms with van der Waals surface area (Å²) in [6, 6.07) is 7.77. The van der Waals surface area contributed by atoms with Crippen molar-refractivity contribution in [2.75, 3.05) is 20.2 Å². The lowest BCUT2D eigenvalue weighted by atomic mass is 9.96. The normalized spacial score (nSPS) is 12.9. The number of benzene rings is 1. The lowest BCUT2D eigenvalue weighted by Gasteiger charge is -2.29. The molecule has 0 saturated carbocycles. The molecule has 0 spiro atoms. The number of hydrogen-bond acceptors (Lipinski definition) is 3. The highest BCUT2D eigenvalue weighted by Crippen LogP contribution is 2.28. The Bertz CT molecular complexity index is 465. The molecule has 1 atom stereocenters. The fourth-order valence-corrected chi connectivity index (χ4v) is 2.42. The van der Waals surface area contributed by atoms with E-state index in [0.29, 0.717) is 19.5 Å². The number of likely N-dealkylation sites (N-methyl/N-ethyl adjacent to an activating group) is 1. The summed E-state index contributed by atoms with van der Waals surface area (Å²) in [5.41, 5.74) is 0.159. The molecule has 1 amide bonds. The monoisotopic (exact) mass is 293 g/mol. The van der Waals surface area contributed by atoms with Gasteiger partial charge >= 0.3 is 0 Å². The molecule has 1 aromatic rings. The summed E-state index contributed by atoms with van der Waals surface area (Å²) in [5, 5.41) is 9.89. The van der Waals surface area contributed by atoms with Gasteiger partial charge in [0.15, 0.2) is 0 Å². The number of hydrogen-bond donors (Lipinski definition) is 1. The van der Waals surface area contributed by atoms with Crippen LogP contribution in [-0.2, 0) is 4.79 Å². The lowest BCUT2D eigenvalue weighted by Crippen LogP contribution is -2.42. The van der Waals surface area contributed by atoms with E-state index >= 15 is 0 Å². The van der Waals surface area contributed by atoms with Gasteiger partial charge in [-0.05, 0) is 38.3 Å². The first-order chi connectivity index (χ1) is 9.78. The molecule has 0 heterocycles.